The molecule has 0 bridgehead atoms. The fourth-order valence-electron chi connectivity index (χ4n) is 3.17. The third kappa shape index (κ3) is 4.98. The number of nitrogens with zero attached hydrogens (tertiary/aromatic N) is 4. The lowest BCUT2D eigenvalue weighted by molar-refractivity contribution is 0.358. The Balaban J connectivity index is 0.00000192. The summed E-state index contributed by atoms with van der Waals surface area (Å²) in [5, 5.41) is 16.1. The third-order valence-corrected chi connectivity index (χ3v) is 5.93. The van der Waals surface area contributed by atoms with Gasteiger partial charge in [-0.1, -0.05) is 0 Å². The average Bonchev–Trinajstić information content (AvgIpc) is 3.18. The first kappa shape index (κ1) is 18.8. The molecular formula is C15H27IN6S. The predicted molar refractivity (Wildman–Crippen MR) is 107 cm³/mol. The van der Waals surface area contributed by atoms with Gasteiger partial charge in [0.1, 0.15) is 11.6 Å². The van der Waals surface area contributed by atoms with E-state index in [-0.39, 0.29) is 24.0 Å². The molecule has 1 fully saturated rings. The SMILES string of the molecule is CN=C(NCC1CCc2nnc(C)n2C1)NCC1CCCS1.I. The molecule has 0 spiro atoms. The van der Waals surface area contributed by atoms with E-state index in [0.29, 0.717) is 5.92 Å². The molecule has 0 saturated carbocycles. The summed E-state index contributed by atoms with van der Waals surface area (Å²) in [4.78, 5) is 4.34. The number of hydrogen-bond acceptors (Lipinski definition) is 4. The number of aliphatic imine (C=N–C) groups is 1. The predicted octanol–water partition coefficient (Wildman–Crippen LogP) is 1.83. The van der Waals surface area contributed by atoms with Crippen LogP contribution in [0.3, 0.4) is 0 Å². The Labute approximate surface area is 159 Å². The highest BCUT2D eigenvalue weighted by Gasteiger charge is 2.22. The van der Waals surface area contributed by atoms with E-state index < -0.39 is 0 Å². The van der Waals surface area contributed by atoms with Gasteiger partial charge in [-0.2, -0.15) is 11.8 Å². The summed E-state index contributed by atoms with van der Waals surface area (Å²) in [5.41, 5.74) is 0. The van der Waals surface area contributed by atoms with Gasteiger partial charge in [0.2, 0.25) is 0 Å². The molecule has 3 rings (SSSR count). The summed E-state index contributed by atoms with van der Waals surface area (Å²) in [7, 11) is 1.85. The molecule has 2 aliphatic heterocycles. The molecule has 1 saturated heterocycles. The molecule has 0 aromatic carbocycles. The van der Waals surface area contributed by atoms with Gasteiger partial charge in [-0.3, -0.25) is 4.99 Å². The number of fused-ring (bicyclic) bond motifs is 1. The van der Waals surface area contributed by atoms with Crippen LogP contribution in [0.1, 0.15) is 30.9 Å². The van der Waals surface area contributed by atoms with Crippen LogP contribution < -0.4 is 10.6 Å². The van der Waals surface area contributed by atoms with Crippen molar-refractivity contribution in [3.8, 4) is 0 Å². The first-order valence-corrected chi connectivity index (χ1v) is 9.26. The molecular weight excluding hydrogens is 423 g/mol. The summed E-state index contributed by atoms with van der Waals surface area (Å²) in [6.45, 7) is 5.01. The van der Waals surface area contributed by atoms with Crippen LogP contribution in [-0.2, 0) is 13.0 Å². The maximum Gasteiger partial charge on any atom is 0.191 e. The minimum absolute atomic E-state index is 0. The van der Waals surface area contributed by atoms with Crippen molar-refractivity contribution in [1.82, 2.24) is 25.4 Å². The molecule has 0 radical (unpaired) electrons. The van der Waals surface area contributed by atoms with Crippen molar-refractivity contribution in [3.63, 3.8) is 0 Å². The van der Waals surface area contributed by atoms with Crippen LogP contribution >= 0.6 is 35.7 Å². The van der Waals surface area contributed by atoms with Gasteiger partial charge < -0.3 is 15.2 Å². The molecule has 0 amide bonds. The Bertz CT molecular complexity index is 526. The standard InChI is InChI=1S/C15H26N6S.HI/c1-11-19-20-14-6-5-12(10-21(11)14)8-17-15(16-2)18-9-13-4-3-7-22-13;/h12-13H,3-10H2,1-2H3,(H2,16,17,18);1H. The van der Waals surface area contributed by atoms with Gasteiger partial charge in [0, 0.05) is 38.4 Å². The maximum absolute atomic E-state index is 4.34. The van der Waals surface area contributed by atoms with Gasteiger partial charge in [0.05, 0.1) is 0 Å². The van der Waals surface area contributed by atoms with Crippen molar-refractivity contribution in [2.24, 2.45) is 10.9 Å². The van der Waals surface area contributed by atoms with E-state index in [1.807, 2.05) is 14.0 Å². The van der Waals surface area contributed by atoms with E-state index >= 15 is 0 Å². The van der Waals surface area contributed by atoms with E-state index in [2.05, 4.69) is 42.2 Å². The van der Waals surface area contributed by atoms with Gasteiger partial charge in [0.15, 0.2) is 5.96 Å². The van der Waals surface area contributed by atoms with Gasteiger partial charge in [0.25, 0.3) is 0 Å². The highest BCUT2D eigenvalue weighted by atomic mass is 127. The van der Waals surface area contributed by atoms with E-state index in [1.165, 1.54) is 25.0 Å². The van der Waals surface area contributed by atoms with Crippen molar-refractivity contribution in [3.05, 3.63) is 11.6 Å². The molecule has 1 aromatic rings. The van der Waals surface area contributed by atoms with Gasteiger partial charge in [-0.05, 0) is 37.9 Å². The maximum atomic E-state index is 4.34. The van der Waals surface area contributed by atoms with Crippen LogP contribution in [0.2, 0.25) is 0 Å². The molecule has 130 valence electrons. The smallest absolute Gasteiger partial charge is 0.191 e. The summed E-state index contributed by atoms with van der Waals surface area (Å²) >= 11 is 2.07. The Morgan fingerprint density at radius 3 is 2.87 bits per heavy atom. The minimum atomic E-state index is 0. The molecule has 2 atom stereocenters. The van der Waals surface area contributed by atoms with E-state index in [0.717, 1.165) is 48.9 Å². The summed E-state index contributed by atoms with van der Waals surface area (Å²) in [6, 6.07) is 0. The summed E-state index contributed by atoms with van der Waals surface area (Å²) in [6.07, 6.45) is 4.87. The second-order valence-electron chi connectivity index (χ2n) is 6.15. The first-order chi connectivity index (χ1) is 10.8. The normalized spacial score (nSPS) is 24.0. The van der Waals surface area contributed by atoms with Gasteiger partial charge >= 0.3 is 0 Å². The molecule has 6 nitrogen and oxygen atoms in total. The highest BCUT2D eigenvalue weighted by molar-refractivity contribution is 14.0. The Morgan fingerprint density at radius 1 is 1.30 bits per heavy atom. The molecule has 2 unspecified atom stereocenters. The lowest BCUT2D eigenvalue weighted by atomic mass is 9.99. The monoisotopic (exact) mass is 450 g/mol. The third-order valence-electron chi connectivity index (χ3n) is 4.53. The van der Waals surface area contributed by atoms with Crippen molar-refractivity contribution in [2.75, 3.05) is 25.9 Å². The zero-order valence-electron chi connectivity index (χ0n) is 13.9. The van der Waals surface area contributed by atoms with Crippen molar-refractivity contribution < 1.29 is 0 Å². The van der Waals surface area contributed by atoms with Crippen molar-refractivity contribution in [2.45, 2.75) is 44.4 Å². The number of rotatable bonds is 4. The Morgan fingerprint density at radius 2 is 2.13 bits per heavy atom. The Hall–Kier alpha value is -0.510. The number of aryl methyl sites for hydroxylation is 2. The van der Waals surface area contributed by atoms with E-state index in [1.54, 1.807) is 0 Å². The molecule has 2 aliphatic rings. The minimum Gasteiger partial charge on any atom is -0.356 e. The highest BCUT2D eigenvalue weighted by Crippen LogP contribution is 2.25. The fraction of sp³-hybridized carbons (Fsp3) is 0.800. The lowest BCUT2D eigenvalue weighted by Crippen LogP contribution is -2.43. The Kier molecular flexibility index (Phi) is 7.45. The van der Waals surface area contributed by atoms with Gasteiger partial charge in [-0.15, -0.1) is 34.2 Å². The van der Waals surface area contributed by atoms with Crippen LogP contribution in [0, 0.1) is 12.8 Å². The molecule has 2 N–H and O–H groups in total. The zero-order chi connectivity index (χ0) is 15.4. The number of aromatic nitrogens is 3. The van der Waals surface area contributed by atoms with Crippen LogP contribution in [0.5, 0.6) is 0 Å². The lowest BCUT2D eigenvalue weighted by Gasteiger charge is -2.25. The fourth-order valence-corrected chi connectivity index (χ4v) is 4.38. The second-order valence-corrected chi connectivity index (χ2v) is 7.56. The van der Waals surface area contributed by atoms with E-state index in [9.17, 15) is 0 Å². The van der Waals surface area contributed by atoms with E-state index in [4.69, 9.17) is 0 Å². The zero-order valence-corrected chi connectivity index (χ0v) is 17.1. The molecule has 3 heterocycles. The average molecular weight is 450 g/mol. The summed E-state index contributed by atoms with van der Waals surface area (Å²) in [5.74, 6) is 5.01. The first-order valence-electron chi connectivity index (χ1n) is 8.21. The number of hydrogen-bond donors (Lipinski definition) is 2. The topological polar surface area (TPSA) is 67.1 Å². The van der Waals surface area contributed by atoms with Crippen LogP contribution in [0.4, 0.5) is 0 Å². The number of halogens is 1. The molecule has 1 aromatic heterocycles. The molecule has 23 heavy (non-hydrogen) atoms. The molecule has 0 aliphatic carbocycles. The van der Waals surface area contributed by atoms with Crippen molar-refractivity contribution >= 4 is 41.7 Å². The quantitative estimate of drug-likeness (QED) is 0.416. The molecule has 8 heteroatoms. The van der Waals surface area contributed by atoms with Crippen LogP contribution in [-0.4, -0.2) is 51.9 Å². The number of thioether (sulfide) groups is 1. The summed E-state index contributed by atoms with van der Waals surface area (Å²) < 4.78 is 2.25. The largest absolute Gasteiger partial charge is 0.356 e. The van der Waals surface area contributed by atoms with Crippen LogP contribution in [0.15, 0.2) is 4.99 Å². The number of guanidine groups is 1. The van der Waals surface area contributed by atoms with Crippen LogP contribution in [0.25, 0.3) is 0 Å². The second kappa shape index (κ2) is 9.10. The van der Waals surface area contributed by atoms with Crippen molar-refractivity contribution in [1.29, 1.82) is 0 Å². The number of nitrogens with one attached hydrogen (secondary N) is 2. The van der Waals surface area contributed by atoms with Gasteiger partial charge in [-0.25, -0.2) is 0 Å².